The van der Waals surface area contributed by atoms with E-state index >= 15 is 0 Å². The zero-order valence-corrected chi connectivity index (χ0v) is 11.8. The summed E-state index contributed by atoms with van der Waals surface area (Å²) < 4.78 is 6.68. The Bertz CT molecular complexity index is 470. The summed E-state index contributed by atoms with van der Waals surface area (Å²) >= 11 is 0. The van der Waals surface area contributed by atoms with Gasteiger partial charge in [0.25, 0.3) is 0 Å². The number of nitrogens with one attached hydrogen (secondary N) is 2. The smallest absolute Gasteiger partial charge is 0.325 e. The number of carbonyl (C=O) groups is 2. The number of hydrogen-bond donors (Lipinski definition) is 3. The lowest BCUT2D eigenvalue weighted by atomic mass is 10.1. The fraction of sp³-hybridized carbons (Fsp3) is 0.583. The monoisotopic (exact) mass is 284 g/mol. The molecule has 0 atom stereocenters. The van der Waals surface area contributed by atoms with Gasteiger partial charge in [0, 0.05) is 19.3 Å². The van der Waals surface area contributed by atoms with Crippen LogP contribution < -0.4 is 10.6 Å². The predicted molar refractivity (Wildman–Crippen MR) is 72.6 cm³/mol. The van der Waals surface area contributed by atoms with Gasteiger partial charge in [0.2, 0.25) is 0 Å². The van der Waals surface area contributed by atoms with E-state index in [0.29, 0.717) is 18.8 Å². The van der Waals surface area contributed by atoms with Crippen molar-refractivity contribution in [3.8, 4) is 0 Å². The Morgan fingerprint density at radius 1 is 1.50 bits per heavy atom. The van der Waals surface area contributed by atoms with Gasteiger partial charge in [0.15, 0.2) is 0 Å². The average Bonchev–Trinajstić information content (AvgIpc) is 2.73. The van der Waals surface area contributed by atoms with Gasteiger partial charge < -0.3 is 20.5 Å². The molecular weight excluding hydrogens is 264 g/mol. The Labute approximate surface area is 117 Å². The van der Waals surface area contributed by atoms with Crippen LogP contribution in [0, 0.1) is 0 Å². The van der Waals surface area contributed by atoms with E-state index in [1.807, 2.05) is 20.8 Å². The number of carbonyl (C=O) groups excluding carboxylic acids is 1. The number of carboxylic acid groups (broad SMARTS) is 1. The molecule has 0 bridgehead atoms. The van der Waals surface area contributed by atoms with E-state index < -0.39 is 17.6 Å². The van der Waals surface area contributed by atoms with Crippen molar-refractivity contribution in [1.29, 1.82) is 0 Å². The van der Waals surface area contributed by atoms with Crippen LogP contribution in [0.3, 0.4) is 0 Å². The largest absolute Gasteiger partial charge is 0.480 e. The Balaban J connectivity index is 2.42. The number of aromatic nitrogens is 2. The number of hydrogen-bond acceptors (Lipinski definition) is 4. The van der Waals surface area contributed by atoms with Gasteiger partial charge in [-0.2, -0.15) is 5.10 Å². The molecule has 0 aliphatic rings. The standard InChI is InChI=1S/C12H20N4O4/c1-4-20-12(2,3)8-13-11(19)15-9-5-14-16(6-9)7-10(17)18/h5-6H,4,7-8H2,1-3H3,(H,17,18)(H2,13,15,19). The van der Waals surface area contributed by atoms with Crippen LogP contribution in [0.4, 0.5) is 10.5 Å². The van der Waals surface area contributed by atoms with Gasteiger partial charge in [-0.1, -0.05) is 0 Å². The number of aliphatic carboxylic acids is 1. The molecule has 1 heterocycles. The summed E-state index contributed by atoms with van der Waals surface area (Å²) in [5.74, 6) is -0.998. The molecule has 0 saturated carbocycles. The molecular formula is C12H20N4O4. The molecule has 20 heavy (non-hydrogen) atoms. The molecule has 0 aliphatic heterocycles. The molecule has 0 fully saturated rings. The summed E-state index contributed by atoms with van der Waals surface area (Å²) in [5, 5.41) is 17.7. The highest BCUT2D eigenvalue weighted by Crippen LogP contribution is 2.08. The highest BCUT2D eigenvalue weighted by molar-refractivity contribution is 5.88. The van der Waals surface area contributed by atoms with E-state index in [1.165, 1.54) is 17.1 Å². The van der Waals surface area contributed by atoms with Gasteiger partial charge >= 0.3 is 12.0 Å². The lowest BCUT2D eigenvalue weighted by Crippen LogP contribution is -2.42. The van der Waals surface area contributed by atoms with Gasteiger partial charge in [-0.05, 0) is 20.8 Å². The fourth-order valence-electron chi connectivity index (χ4n) is 1.56. The summed E-state index contributed by atoms with van der Waals surface area (Å²) in [6.45, 7) is 6.32. The van der Waals surface area contributed by atoms with E-state index in [9.17, 15) is 9.59 Å². The van der Waals surface area contributed by atoms with Crippen LogP contribution in [0.25, 0.3) is 0 Å². The normalized spacial score (nSPS) is 11.2. The van der Waals surface area contributed by atoms with E-state index in [0.717, 1.165) is 0 Å². The van der Waals surface area contributed by atoms with Crippen molar-refractivity contribution in [3.63, 3.8) is 0 Å². The van der Waals surface area contributed by atoms with Crippen molar-refractivity contribution in [2.45, 2.75) is 32.9 Å². The van der Waals surface area contributed by atoms with Crippen LogP contribution in [-0.2, 0) is 16.1 Å². The van der Waals surface area contributed by atoms with Crippen LogP contribution in [0.1, 0.15) is 20.8 Å². The average molecular weight is 284 g/mol. The molecule has 1 aromatic rings. The highest BCUT2D eigenvalue weighted by Gasteiger charge is 2.18. The Kier molecular flexibility index (Phi) is 5.51. The maximum atomic E-state index is 11.7. The number of nitrogens with zero attached hydrogens (tertiary/aromatic N) is 2. The number of rotatable bonds is 7. The lowest BCUT2D eigenvalue weighted by Gasteiger charge is -2.24. The first kappa shape index (κ1) is 16.0. The van der Waals surface area contributed by atoms with Gasteiger partial charge in [0.1, 0.15) is 6.54 Å². The lowest BCUT2D eigenvalue weighted by molar-refractivity contribution is -0.137. The molecule has 1 rings (SSSR count). The molecule has 0 aromatic carbocycles. The van der Waals surface area contributed by atoms with Crippen molar-refractivity contribution in [1.82, 2.24) is 15.1 Å². The van der Waals surface area contributed by atoms with Crippen LogP contribution in [0.15, 0.2) is 12.4 Å². The predicted octanol–water partition coefficient (Wildman–Crippen LogP) is 0.904. The number of urea groups is 1. The second-order valence-corrected chi connectivity index (χ2v) is 4.82. The highest BCUT2D eigenvalue weighted by atomic mass is 16.5. The summed E-state index contributed by atoms with van der Waals surface area (Å²) in [6, 6.07) is -0.396. The molecule has 0 aliphatic carbocycles. The Morgan fingerprint density at radius 3 is 2.80 bits per heavy atom. The van der Waals surface area contributed by atoms with Crippen LogP contribution in [-0.4, -0.2) is 45.6 Å². The molecule has 1 aromatic heterocycles. The van der Waals surface area contributed by atoms with E-state index in [1.54, 1.807) is 0 Å². The molecule has 0 saturated heterocycles. The minimum Gasteiger partial charge on any atom is -0.480 e. The molecule has 2 amide bonds. The molecule has 3 N–H and O–H groups in total. The maximum Gasteiger partial charge on any atom is 0.325 e. The first-order valence-electron chi connectivity index (χ1n) is 6.25. The van der Waals surface area contributed by atoms with Crippen molar-refractivity contribution < 1.29 is 19.4 Å². The second kappa shape index (κ2) is 6.90. The SMILES string of the molecule is CCOC(C)(C)CNC(=O)Nc1cnn(CC(=O)O)c1. The fourth-order valence-corrected chi connectivity index (χ4v) is 1.56. The molecule has 0 unspecified atom stereocenters. The first-order valence-corrected chi connectivity index (χ1v) is 6.25. The van der Waals surface area contributed by atoms with Crippen molar-refractivity contribution >= 4 is 17.7 Å². The van der Waals surface area contributed by atoms with Gasteiger partial charge in [-0.15, -0.1) is 0 Å². The zero-order chi connectivity index (χ0) is 15.2. The van der Waals surface area contributed by atoms with Crippen molar-refractivity contribution in [2.24, 2.45) is 0 Å². The van der Waals surface area contributed by atoms with Gasteiger partial charge in [-0.3, -0.25) is 9.48 Å². The van der Waals surface area contributed by atoms with E-state index in [4.69, 9.17) is 9.84 Å². The minimum absolute atomic E-state index is 0.249. The third kappa shape index (κ3) is 5.70. The number of amides is 2. The number of carboxylic acids is 1. The minimum atomic E-state index is -0.998. The van der Waals surface area contributed by atoms with Crippen molar-refractivity contribution in [3.05, 3.63) is 12.4 Å². The summed E-state index contributed by atoms with van der Waals surface area (Å²) in [7, 11) is 0. The Hall–Kier alpha value is -2.09. The summed E-state index contributed by atoms with van der Waals surface area (Å²) in [5.41, 5.74) is -0.0162. The summed E-state index contributed by atoms with van der Waals surface area (Å²) in [6.07, 6.45) is 2.83. The van der Waals surface area contributed by atoms with Crippen LogP contribution >= 0.6 is 0 Å². The third-order valence-electron chi connectivity index (χ3n) is 2.40. The molecule has 8 heteroatoms. The first-order chi connectivity index (χ1) is 9.32. The third-order valence-corrected chi connectivity index (χ3v) is 2.40. The topological polar surface area (TPSA) is 105 Å². The van der Waals surface area contributed by atoms with E-state index in [2.05, 4.69) is 15.7 Å². The number of ether oxygens (including phenoxy) is 1. The Morgan fingerprint density at radius 2 is 2.20 bits per heavy atom. The van der Waals surface area contributed by atoms with Gasteiger partial charge in [-0.25, -0.2) is 4.79 Å². The van der Waals surface area contributed by atoms with Crippen molar-refractivity contribution in [2.75, 3.05) is 18.5 Å². The molecule has 8 nitrogen and oxygen atoms in total. The second-order valence-electron chi connectivity index (χ2n) is 4.82. The molecule has 0 radical (unpaired) electrons. The van der Waals surface area contributed by atoms with Gasteiger partial charge in [0.05, 0.1) is 17.5 Å². The summed E-state index contributed by atoms with van der Waals surface area (Å²) in [4.78, 5) is 22.2. The number of anilines is 1. The van der Waals surface area contributed by atoms with Crippen LogP contribution in [0.2, 0.25) is 0 Å². The van der Waals surface area contributed by atoms with Crippen LogP contribution in [0.5, 0.6) is 0 Å². The quantitative estimate of drug-likeness (QED) is 0.690. The molecule has 0 spiro atoms. The maximum absolute atomic E-state index is 11.7. The zero-order valence-electron chi connectivity index (χ0n) is 11.8. The molecule has 112 valence electrons. The van der Waals surface area contributed by atoms with E-state index in [-0.39, 0.29) is 6.54 Å².